The molecule has 5 rings (SSSR count). The average molecular weight is 434 g/mol. The van der Waals surface area contributed by atoms with Gasteiger partial charge in [0.25, 0.3) is 0 Å². The summed E-state index contributed by atoms with van der Waals surface area (Å²) in [6.45, 7) is 0.596. The molecule has 1 aliphatic heterocycles. The minimum Gasteiger partial charge on any atom is -0.341 e. The number of nitrogens with one attached hydrogen (secondary N) is 1. The van der Waals surface area contributed by atoms with Crippen LogP contribution < -0.4 is 5.32 Å². The second-order valence-electron chi connectivity index (χ2n) is 8.06. The molecule has 33 heavy (non-hydrogen) atoms. The van der Waals surface area contributed by atoms with E-state index in [1.54, 1.807) is 54.6 Å². The zero-order chi connectivity index (χ0) is 22.8. The molecule has 5 heteroatoms. The number of aromatic nitrogens is 1. The molecule has 4 aromatic rings. The number of nitrogens with zero attached hydrogens (tertiary/aromatic N) is 1. The van der Waals surface area contributed by atoms with Crippen molar-refractivity contribution in [3.63, 3.8) is 0 Å². The van der Waals surface area contributed by atoms with E-state index in [2.05, 4.69) is 5.32 Å². The van der Waals surface area contributed by atoms with Crippen molar-refractivity contribution in [1.82, 2.24) is 4.57 Å². The average Bonchev–Trinajstić information content (AvgIpc) is 3.47. The number of amides is 1. The number of fused-ring (bicyclic) bond motifs is 1. The number of hydrogen-bond acceptors (Lipinski definition) is 3. The van der Waals surface area contributed by atoms with Gasteiger partial charge in [0.15, 0.2) is 5.78 Å². The molecule has 0 bridgehead atoms. The Morgan fingerprint density at radius 3 is 2.00 bits per heavy atom. The minimum absolute atomic E-state index is 0.0540. The molecule has 3 aromatic carbocycles. The van der Waals surface area contributed by atoms with Crippen molar-refractivity contribution in [1.29, 1.82) is 0 Å². The lowest BCUT2D eigenvalue weighted by Gasteiger charge is -2.14. The molecular formula is C28H22N2O3. The highest BCUT2D eigenvalue weighted by molar-refractivity contribution is 6.14. The maximum Gasteiger partial charge on any atom is 0.233 e. The molecular weight excluding hydrogens is 412 g/mol. The summed E-state index contributed by atoms with van der Waals surface area (Å²) in [6.07, 6.45) is 0.603. The van der Waals surface area contributed by atoms with E-state index in [1.165, 1.54) is 0 Å². The van der Waals surface area contributed by atoms with E-state index >= 15 is 0 Å². The molecule has 162 valence electrons. The smallest absolute Gasteiger partial charge is 0.233 e. The number of ketones is 2. The van der Waals surface area contributed by atoms with Crippen molar-refractivity contribution in [2.75, 3.05) is 5.32 Å². The summed E-state index contributed by atoms with van der Waals surface area (Å²) in [5.41, 5.74) is 3.54. The fourth-order valence-corrected chi connectivity index (χ4v) is 4.40. The van der Waals surface area contributed by atoms with Crippen LogP contribution in [-0.2, 0) is 11.3 Å². The van der Waals surface area contributed by atoms with Gasteiger partial charge in [0, 0.05) is 28.9 Å². The first-order valence-corrected chi connectivity index (χ1v) is 10.9. The summed E-state index contributed by atoms with van der Waals surface area (Å²) < 4.78 is 1.93. The molecule has 0 spiro atoms. The Bertz CT molecular complexity index is 1340. The number of hydrogen-bond donors (Lipinski definition) is 1. The normalized spacial score (nSPS) is 14.5. The highest BCUT2D eigenvalue weighted by atomic mass is 16.2. The van der Waals surface area contributed by atoms with Gasteiger partial charge in [-0.2, -0.15) is 0 Å². The zero-order valence-corrected chi connectivity index (χ0v) is 17.9. The number of carbonyl (C=O) groups is 3. The van der Waals surface area contributed by atoms with Gasteiger partial charge in [0.05, 0.1) is 17.3 Å². The first-order chi connectivity index (χ1) is 16.1. The molecule has 5 nitrogen and oxygen atoms in total. The van der Waals surface area contributed by atoms with Gasteiger partial charge in [-0.15, -0.1) is 0 Å². The topological polar surface area (TPSA) is 68.2 Å². The predicted octanol–water partition coefficient (Wildman–Crippen LogP) is 5.08. The van der Waals surface area contributed by atoms with Gasteiger partial charge in [-0.05, 0) is 30.7 Å². The minimum atomic E-state index is -0.387. The fraction of sp³-hybridized carbons (Fsp3) is 0.107. The van der Waals surface area contributed by atoms with E-state index in [-0.39, 0.29) is 23.4 Å². The van der Waals surface area contributed by atoms with E-state index in [0.717, 1.165) is 5.69 Å². The molecule has 0 aliphatic carbocycles. The Balaban J connectivity index is 1.38. The van der Waals surface area contributed by atoms with Crippen molar-refractivity contribution in [2.45, 2.75) is 18.9 Å². The van der Waals surface area contributed by atoms with E-state index in [1.807, 2.05) is 47.0 Å². The Morgan fingerprint density at radius 1 is 0.697 bits per heavy atom. The monoisotopic (exact) mass is 434 g/mol. The van der Waals surface area contributed by atoms with Gasteiger partial charge in [0.2, 0.25) is 11.7 Å². The quantitative estimate of drug-likeness (QED) is 0.431. The third-order valence-corrected chi connectivity index (χ3v) is 6.06. The first-order valence-electron chi connectivity index (χ1n) is 10.9. The standard InChI is InChI=1S/C28H22N2O3/c31-26(19-9-3-1-4-10-19)21-13-7-8-14-23(21)29-28(33)22-17-18-30-24(22)15-16-25(30)27(32)20-11-5-2-6-12-20/h1-16,22H,17-18H2,(H,29,33)/t22-/m0/s1. The molecule has 1 aromatic heterocycles. The van der Waals surface area contributed by atoms with Crippen molar-refractivity contribution in [3.8, 4) is 0 Å². The van der Waals surface area contributed by atoms with Crippen LogP contribution in [0.3, 0.4) is 0 Å². The molecule has 1 atom stereocenters. The molecule has 1 amide bonds. The third kappa shape index (κ3) is 3.89. The molecule has 0 radical (unpaired) electrons. The van der Waals surface area contributed by atoms with Crippen LogP contribution in [0.15, 0.2) is 97.1 Å². The predicted molar refractivity (Wildman–Crippen MR) is 127 cm³/mol. The maximum absolute atomic E-state index is 13.2. The van der Waals surface area contributed by atoms with E-state index in [4.69, 9.17) is 0 Å². The summed E-state index contributed by atoms with van der Waals surface area (Å²) in [5.74, 6) is -0.764. The van der Waals surface area contributed by atoms with Crippen molar-refractivity contribution < 1.29 is 14.4 Å². The summed E-state index contributed by atoms with van der Waals surface area (Å²) in [5, 5.41) is 2.96. The molecule has 1 aliphatic rings. The van der Waals surface area contributed by atoms with Gasteiger partial charge in [-0.1, -0.05) is 72.8 Å². The lowest BCUT2D eigenvalue weighted by Crippen LogP contribution is -2.21. The summed E-state index contributed by atoms with van der Waals surface area (Å²) in [7, 11) is 0. The van der Waals surface area contributed by atoms with E-state index in [9.17, 15) is 14.4 Å². The largest absolute Gasteiger partial charge is 0.341 e. The van der Waals surface area contributed by atoms with Crippen LogP contribution in [0.2, 0.25) is 0 Å². The van der Waals surface area contributed by atoms with Gasteiger partial charge in [0.1, 0.15) is 0 Å². The second kappa shape index (κ2) is 8.71. The van der Waals surface area contributed by atoms with Gasteiger partial charge < -0.3 is 9.88 Å². The fourth-order valence-electron chi connectivity index (χ4n) is 4.40. The number of anilines is 1. The SMILES string of the molecule is O=C(c1ccccc1)c1ccccc1NC(=O)[C@H]1CCn2c(C(=O)c3ccccc3)ccc21. The van der Waals surface area contributed by atoms with Crippen LogP contribution in [0, 0.1) is 0 Å². The van der Waals surface area contributed by atoms with Crippen LogP contribution >= 0.6 is 0 Å². The van der Waals surface area contributed by atoms with Crippen molar-refractivity contribution >= 4 is 23.2 Å². The Morgan fingerprint density at radius 2 is 1.30 bits per heavy atom. The Labute approximate surface area is 191 Å². The Kier molecular flexibility index (Phi) is 5.45. The van der Waals surface area contributed by atoms with Gasteiger partial charge >= 0.3 is 0 Å². The third-order valence-electron chi connectivity index (χ3n) is 6.06. The lowest BCUT2D eigenvalue weighted by molar-refractivity contribution is -0.117. The van der Waals surface area contributed by atoms with Crippen molar-refractivity contribution in [2.24, 2.45) is 0 Å². The van der Waals surface area contributed by atoms with Gasteiger partial charge in [-0.25, -0.2) is 0 Å². The molecule has 0 fully saturated rings. The van der Waals surface area contributed by atoms with Crippen LogP contribution in [0.1, 0.15) is 50.0 Å². The van der Waals surface area contributed by atoms with Crippen LogP contribution in [0.4, 0.5) is 5.69 Å². The Hall–Kier alpha value is -4.25. The highest BCUT2D eigenvalue weighted by Gasteiger charge is 2.32. The molecule has 2 heterocycles. The van der Waals surface area contributed by atoms with Crippen LogP contribution in [0.25, 0.3) is 0 Å². The number of rotatable bonds is 6. The maximum atomic E-state index is 13.2. The number of carbonyl (C=O) groups excluding carboxylic acids is 3. The lowest BCUT2D eigenvalue weighted by atomic mass is 10.00. The summed E-state index contributed by atoms with van der Waals surface area (Å²) in [4.78, 5) is 39.1. The molecule has 1 N–H and O–H groups in total. The zero-order valence-electron chi connectivity index (χ0n) is 17.9. The first kappa shape index (κ1) is 20.6. The number of benzene rings is 3. The van der Waals surface area contributed by atoms with Gasteiger partial charge in [-0.3, -0.25) is 14.4 Å². The van der Waals surface area contributed by atoms with E-state index < -0.39 is 0 Å². The second-order valence-corrected chi connectivity index (χ2v) is 8.06. The van der Waals surface area contributed by atoms with E-state index in [0.29, 0.717) is 41.0 Å². The highest BCUT2D eigenvalue weighted by Crippen LogP contribution is 2.33. The number of para-hydroxylation sites is 1. The van der Waals surface area contributed by atoms with Crippen LogP contribution in [0.5, 0.6) is 0 Å². The summed E-state index contributed by atoms with van der Waals surface area (Å²) >= 11 is 0. The van der Waals surface area contributed by atoms with Crippen molar-refractivity contribution in [3.05, 3.63) is 125 Å². The molecule has 0 saturated heterocycles. The molecule has 0 saturated carbocycles. The van der Waals surface area contributed by atoms with Crippen LogP contribution in [-0.4, -0.2) is 22.0 Å². The molecule has 0 unspecified atom stereocenters. The summed E-state index contributed by atoms with van der Waals surface area (Å²) in [6, 6.07) is 28.8.